The van der Waals surface area contributed by atoms with E-state index in [4.69, 9.17) is 9.15 Å². The molecule has 0 aromatic carbocycles. The van der Waals surface area contributed by atoms with Gasteiger partial charge in [0.05, 0.1) is 12.4 Å². The molecule has 4 aliphatic carbocycles. The van der Waals surface area contributed by atoms with Gasteiger partial charge in [0.25, 0.3) is 0 Å². The van der Waals surface area contributed by atoms with Gasteiger partial charge < -0.3 is 9.15 Å². The van der Waals surface area contributed by atoms with Gasteiger partial charge in [-0.25, -0.2) is 4.79 Å². The van der Waals surface area contributed by atoms with Crippen LogP contribution in [0.25, 0.3) is 0 Å². The second kappa shape index (κ2) is 5.38. The molecular formula is C24H30O4. The van der Waals surface area contributed by atoms with Crippen molar-refractivity contribution in [3.8, 4) is 0 Å². The molecule has 1 aromatic heterocycles. The van der Waals surface area contributed by atoms with Crippen molar-refractivity contribution >= 4 is 5.78 Å². The van der Waals surface area contributed by atoms with Gasteiger partial charge in [-0.05, 0) is 79.2 Å². The van der Waals surface area contributed by atoms with Crippen LogP contribution in [0.4, 0.5) is 0 Å². The average Bonchev–Trinajstić information content (AvgIpc) is 3.33. The minimum absolute atomic E-state index is 0.00611. The quantitative estimate of drug-likeness (QED) is 0.673. The van der Waals surface area contributed by atoms with E-state index in [2.05, 4.69) is 13.8 Å². The molecule has 4 nitrogen and oxygen atoms in total. The monoisotopic (exact) mass is 382 g/mol. The maximum atomic E-state index is 12.1. The van der Waals surface area contributed by atoms with E-state index < -0.39 is 0 Å². The molecular weight excluding hydrogens is 352 g/mol. The normalized spacial score (nSPS) is 51.6. The number of ether oxygens (including phenoxy) is 1. The topological polar surface area (TPSA) is 59.8 Å². The molecule has 0 amide bonds. The van der Waals surface area contributed by atoms with Gasteiger partial charge in [-0.3, -0.25) is 4.79 Å². The third-order valence-corrected chi connectivity index (χ3v) is 10.0. The Bertz CT molecular complexity index is 884. The molecule has 5 fully saturated rings. The zero-order chi connectivity index (χ0) is 19.3. The number of carbonyl (C=O) groups excluding carboxylic acids is 1. The molecule has 28 heavy (non-hydrogen) atoms. The first-order valence-corrected chi connectivity index (χ1v) is 11.2. The predicted molar refractivity (Wildman–Crippen MR) is 104 cm³/mol. The molecule has 0 unspecified atom stereocenters. The van der Waals surface area contributed by atoms with Gasteiger partial charge >= 0.3 is 5.63 Å². The Morgan fingerprint density at radius 1 is 1.04 bits per heavy atom. The van der Waals surface area contributed by atoms with Gasteiger partial charge in [-0.2, -0.15) is 0 Å². The largest absolute Gasteiger partial charge is 0.431 e. The molecule has 5 aliphatic rings. The number of rotatable bonds is 1. The fourth-order valence-electron chi connectivity index (χ4n) is 8.55. The lowest BCUT2D eigenvalue weighted by molar-refractivity contribution is -0.144. The van der Waals surface area contributed by atoms with E-state index in [0.717, 1.165) is 25.7 Å². The minimum atomic E-state index is -0.273. The summed E-state index contributed by atoms with van der Waals surface area (Å²) < 4.78 is 11.8. The summed E-state index contributed by atoms with van der Waals surface area (Å²) in [6, 6.07) is 3.53. The Labute approximate surface area is 166 Å². The van der Waals surface area contributed by atoms with E-state index in [1.807, 2.05) is 6.07 Å². The van der Waals surface area contributed by atoms with Crippen molar-refractivity contribution < 1.29 is 13.9 Å². The molecule has 150 valence electrons. The van der Waals surface area contributed by atoms with E-state index in [-0.39, 0.29) is 16.6 Å². The predicted octanol–water partition coefficient (Wildman–Crippen LogP) is 4.47. The third-order valence-electron chi connectivity index (χ3n) is 10.0. The maximum absolute atomic E-state index is 12.1. The van der Waals surface area contributed by atoms with E-state index in [9.17, 15) is 9.59 Å². The highest BCUT2D eigenvalue weighted by molar-refractivity contribution is 5.79. The summed E-state index contributed by atoms with van der Waals surface area (Å²) in [7, 11) is 0. The molecule has 8 atom stereocenters. The highest BCUT2D eigenvalue weighted by Crippen LogP contribution is 2.77. The summed E-state index contributed by atoms with van der Waals surface area (Å²) in [5, 5.41) is 0. The summed E-state index contributed by atoms with van der Waals surface area (Å²) in [6.45, 7) is 4.92. The van der Waals surface area contributed by atoms with Crippen molar-refractivity contribution in [2.45, 2.75) is 82.8 Å². The van der Waals surface area contributed by atoms with Crippen LogP contribution in [0.1, 0.15) is 76.7 Å². The molecule has 1 spiro atoms. The molecule has 0 N–H and O–H groups in total. The summed E-state index contributed by atoms with van der Waals surface area (Å²) in [5.41, 5.74) is 1.32. The molecule has 1 saturated heterocycles. The van der Waals surface area contributed by atoms with Crippen LogP contribution >= 0.6 is 0 Å². The fraction of sp³-hybridized carbons (Fsp3) is 0.750. The van der Waals surface area contributed by atoms with Gasteiger partial charge in [-0.1, -0.05) is 13.8 Å². The smallest absolute Gasteiger partial charge is 0.335 e. The van der Waals surface area contributed by atoms with Gasteiger partial charge in [0.2, 0.25) is 0 Å². The molecule has 0 radical (unpaired) electrons. The summed E-state index contributed by atoms with van der Waals surface area (Å²) in [6.07, 6.45) is 10.5. The van der Waals surface area contributed by atoms with Crippen molar-refractivity contribution in [2.75, 3.05) is 0 Å². The second-order valence-corrected chi connectivity index (χ2v) is 10.8. The Morgan fingerprint density at radius 3 is 2.68 bits per heavy atom. The van der Waals surface area contributed by atoms with Gasteiger partial charge in [0.1, 0.15) is 11.4 Å². The third kappa shape index (κ3) is 1.96. The van der Waals surface area contributed by atoms with Crippen molar-refractivity contribution in [3.05, 3.63) is 34.4 Å². The first kappa shape index (κ1) is 17.4. The summed E-state index contributed by atoms with van der Waals surface area (Å²) in [4.78, 5) is 23.5. The lowest BCUT2D eigenvalue weighted by Gasteiger charge is -2.60. The number of Topliss-reactive ketones (excluding diaryl/α,β-unsaturated/α-hetero) is 1. The van der Waals surface area contributed by atoms with Gasteiger partial charge in [0, 0.05) is 24.3 Å². The molecule has 4 saturated carbocycles. The molecule has 2 heterocycles. The number of hydrogen-bond donors (Lipinski definition) is 0. The number of hydrogen-bond acceptors (Lipinski definition) is 4. The van der Waals surface area contributed by atoms with Crippen molar-refractivity contribution in [3.63, 3.8) is 0 Å². The average molecular weight is 383 g/mol. The Morgan fingerprint density at radius 2 is 1.89 bits per heavy atom. The van der Waals surface area contributed by atoms with Gasteiger partial charge in [-0.15, -0.1) is 0 Å². The SMILES string of the molecule is C[C@]12CCC(=O)C[C@H]1CC[C@@H]1[C@@H]2CC[C@]2(C)[C@@H](c3ccc(=O)oc3)C[C@@H]3O[C@]312. The minimum Gasteiger partial charge on any atom is -0.431 e. The van der Waals surface area contributed by atoms with Crippen LogP contribution in [-0.2, 0) is 9.53 Å². The number of ketones is 1. The van der Waals surface area contributed by atoms with Crippen LogP contribution in [0, 0.1) is 28.6 Å². The number of carbonyl (C=O) groups is 1. The van der Waals surface area contributed by atoms with Crippen LogP contribution in [0.2, 0.25) is 0 Å². The molecule has 0 bridgehead atoms. The fourth-order valence-corrected chi connectivity index (χ4v) is 8.55. The first-order valence-electron chi connectivity index (χ1n) is 11.2. The van der Waals surface area contributed by atoms with Crippen molar-refractivity contribution in [1.29, 1.82) is 0 Å². The zero-order valence-electron chi connectivity index (χ0n) is 16.9. The van der Waals surface area contributed by atoms with E-state index in [1.165, 1.54) is 31.2 Å². The first-order chi connectivity index (χ1) is 13.4. The number of fused-ring (bicyclic) bond motifs is 3. The Hall–Kier alpha value is -1.42. The zero-order valence-corrected chi connectivity index (χ0v) is 16.9. The Balaban J connectivity index is 1.36. The van der Waals surface area contributed by atoms with E-state index in [1.54, 1.807) is 12.3 Å². The van der Waals surface area contributed by atoms with E-state index in [0.29, 0.717) is 41.0 Å². The van der Waals surface area contributed by atoms with E-state index >= 15 is 0 Å². The van der Waals surface area contributed by atoms with Crippen LogP contribution in [0.15, 0.2) is 27.6 Å². The molecule has 1 aromatic rings. The molecule has 6 rings (SSSR count). The second-order valence-electron chi connectivity index (χ2n) is 10.8. The lowest BCUT2D eigenvalue weighted by atomic mass is 9.44. The van der Waals surface area contributed by atoms with Crippen LogP contribution in [0.3, 0.4) is 0 Å². The van der Waals surface area contributed by atoms with Crippen LogP contribution in [0.5, 0.6) is 0 Å². The maximum Gasteiger partial charge on any atom is 0.335 e. The summed E-state index contributed by atoms with van der Waals surface area (Å²) >= 11 is 0. The number of epoxide rings is 1. The van der Waals surface area contributed by atoms with Gasteiger partial charge in [0.15, 0.2) is 0 Å². The van der Waals surface area contributed by atoms with Crippen molar-refractivity contribution in [2.24, 2.45) is 28.6 Å². The standard InChI is InChI=1S/C24H30O4/c1-22-9-7-16(25)11-15(22)4-5-18-17(22)8-10-23(2)19(12-20-24(18,23)28-20)14-3-6-21(26)27-13-14/h3,6,13,15,17-20H,4-5,7-12H2,1-2H3/t15-,17+,18-,19-,20+,22+,23-,24+/m1/s1. The highest BCUT2D eigenvalue weighted by Gasteiger charge is 2.80. The van der Waals surface area contributed by atoms with Crippen LogP contribution in [-0.4, -0.2) is 17.5 Å². The van der Waals surface area contributed by atoms with Crippen molar-refractivity contribution in [1.82, 2.24) is 0 Å². The van der Waals surface area contributed by atoms with Crippen LogP contribution < -0.4 is 5.63 Å². The summed E-state index contributed by atoms with van der Waals surface area (Å²) in [5.74, 6) is 2.77. The highest BCUT2D eigenvalue weighted by atomic mass is 16.6. The molecule has 1 aliphatic heterocycles. The lowest BCUT2D eigenvalue weighted by Crippen LogP contribution is -2.58. The Kier molecular flexibility index (Phi) is 3.35. The molecule has 4 heteroatoms.